The Balaban J connectivity index is 1.98. The van der Waals surface area contributed by atoms with Crippen LogP contribution in [0.25, 0.3) is 0 Å². The summed E-state index contributed by atoms with van der Waals surface area (Å²) in [5.74, 6) is -0.697. The molecule has 178 valence electrons. The zero-order chi connectivity index (χ0) is 24.1. The molecular weight excluding hydrogens is 464 g/mol. The van der Waals surface area contributed by atoms with Crippen molar-refractivity contribution < 1.29 is 30.5 Å². The minimum absolute atomic E-state index is 0.220. The van der Waals surface area contributed by atoms with E-state index in [4.69, 9.17) is 4.55 Å². The van der Waals surface area contributed by atoms with Crippen LogP contribution in [-0.4, -0.2) is 54.3 Å². The summed E-state index contributed by atoms with van der Waals surface area (Å²) in [6, 6.07) is 17.3. The number of hydrogen-bond acceptors (Lipinski definition) is 5. The van der Waals surface area contributed by atoms with Crippen LogP contribution in [0.1, 0.15) is 31.7 Å². The first-order chi connectivity index (χ1) is 15.5. The Morgan fingerprint density at radius 3 is 2.18 bits per heavy atom. The molecule has 0 amide bonds. The van der Waals surface area contributed by atoms with Crippen LogP contribution in [0, 0.1) is 0 Å². The molecular formula is C23H29N2O6S2+. The zero-order valence-corrected chi connectivity index (χ0v) is 20.0. The average Bonchev–Trinajstić information content (AvgIpc) is 2.96. The number of hydrogen-bond donors (Lipinski definition) is 3. The highest BCUT2D eigenvalue weighted by Crippen LogP contribution is 2.43. The molecule has 0 saturated carbocycles. The lowest BCUT2D eigenvalue weighted by Gasteiger charge is -2.22. The van der Waals surface area contributed by atoms with Gasteiger partial charge in [0.05, 0.1) is 16.9 Å². The predicted octanol–water partition coefficient (Wildman–Crippen LogP) is 3.61. The Labute approximate surface area is 195 Å². The summed E-state index contributed by atoms with van der Waals surface area (Å²) in [5, 5.41) is 3.22. The normalized spacial score (nSPS) is 18.6. The Morgan fingerprint density at radius 2 is 1.52 bits per heavy atom. The van der Waals surface area contributed by atoms with E-state index in [-0.39, 0.29) is 24.3 Å². The number of nitrogens with one attached hydrogen (secondary N) is 1. The summed E-state index contributed by atoms with van der Waals surface area (Å²) in [7, 11) is -8.17. The van der Waals surface area contributed by atoms with Crippen LogP contribution in [0.3, 0.4) is 0 Å². The molecule has 2 aromatic rings. The molecule has 0 aromatic heterocycles. The van der Waals surface area contributed by atoms with Crippen molar-refractivity contribution in [2.75, 3.05) is 23.4 Å². The van der Waals surface area contributed by atoms with E-state index in [9.17, 15) is 21.4 Å². The van der Waals surface area contributed by atoms with Crippen molar-refractivity contribution in [1.82, 2.24) is 0 Å². The Hall–Kier alpha value is -2.53. The van der Waals surface area contributed by atoms with Crippen LogP contribution in [0.4, 0.5) is 11.4 Å². The van der Waals surface area contributed by atoms with Gasteiger partial charge in [-0.1, -0.05) is 36.4 Å². The first-order valence-corrected chi connectivity index (χ1v) is 13.8. The minimum atomic E-state index is -4.08. The van der Waals surface area contributed by atoms with E-state index in [0.29, 0.717) is 13.0 Å². The molecule has 1 aliphatic heterocycles. The number of rotatable bonds is 11. The van der Waals surface area contributed by atoms with E-state index in [1.165, 1.54) is 0 Å². The molecule has 33 heavy (non-hydrogen) atoms. The number of anilines is 1. The highest BCUT2D eigenvalue weighted by Gasteiger charge is 2.47. The summed E-state index contributed by atoms with van der Waals surface area (Å²) in [4.78, 5) is 0. The quantitative estimate of drug-likeness (QED) is 0.323. The first kappa shape index (κ1) is 25.1. The van der Waals surface area contributed by atoms with Crippen molar-refractivity contribution in [1.29, 1.82) is 0 Å². The SMILES string of the molecule is CC1(CCCS(=O)(=O)O)C(/C=C/Nc2ccccc2)=[N+](CCCS(=O)(=O)O)c2ccccc21. The lowest BCUT2D eigenvalue weighted by molar-refractivity contribution is -0.437. The van der Waals surface area contributed by atoms with Crippen molar-refractivity contribution in [3.8, 4) is 0 Å². The van der Waals surface area contributed by atoms with Crippen molar-refractivity contribution in [2.45, 2.75) is 31.6 Å². The van der Waals surface area contributed by atoms with Crippen LogP contribution < -0.4 is 5.32 Å². The Bertz CT molecular complexity index is 1250. The fourth-order valence-electron chi connectivity index (χ4n) is 4.28. The summed E-state index contributed by atoms with van der Waals surface area (Å²) >= 11 is 0. The van der Waals surface area contributed by atoms with Gasteiger partial charge in [-0.3, -0.25) is 9.11 Å². The van der Waals surface area contributed by atoms with E-state index < -0.39 is 25.7 Å². The molecule has 0 fully saturated rings. The fraction of sp³-hybridized carbons (Fsp3) is 0.348. The third kappa shape index (κ3) is 6.73. The molecule has 1 unspecified atom stereocenters. The lowest BCUT2D eigenvalue weighted by atomic mass is 9.76. The zero-order valence-electron chi connectivity index (χ0n) is 18.4. The second-order valence-electron chi connectivity index (χ2n) is 8.26. The number of nitrogens with zero attached hydrogens (tertiary/aromatic N) is 1. The maximum Gasteiger partial charge on any atom is 0.265 e. The van der Waals surface area contributed by atoms with Gasteiger partial charge in [-0.2, -0.15) is 21.4 Å². The van der Waals surface area contributed by atoms with Crippen LogP contribution in [-0.2, 0) is 25.7 Å². The molecule has 10 heteroatoms. The maximum absolute atomic E-state index is 11.3. The fourth-order valence-corrected chi connectivity index (χ4v) is 5.29. The van der Waals surface area contributed by atoms with E-state index in [0.717, 1.165) is 22.6 Å². The van der Waals surface area contributed by atoms with Crippen molar-refractivity contribution >= 4 is 37.3 Å². The number of fused-ring (bicyclic) bond motifs is 1. The molecule has 0 aliphatic carbocycles. The predicted molar refractivity (Wildman–Crippen MR) is 129 cm³/mol. The molecule has 0 bridgehead atoms. The molecule has 0 spiro atoms. The van der Waals surface area contributed by atoms with Crippen molar-refractivity contribution in [3.05, 3.63) is 72.4 Å². The van der Waals surface area contributed by atoms with Gasteiger partial charge in [0.1, 0.15) is 6.54 Å². The third-order valence-electron chi connectivity index (χ3n) is 5.77. The average molecular weight is 494 g/mol. The van der Waals surface area contributed by atoms with Gasteiger partial charge in [0, 0.05) is 36.0 Å². The minimum Gasteiger partial charge on any atom is -0.361 e. The van der Waals surface area contributed by atoms with Gasteiger partial charge >= 0.3 is 0 Å². The first-order valence-electron chi connectivity index (χ1n) is 10.6. The summed E-state index contributed by atoms with van der Waals surface area (Å²) < 4.78 is 65.5. The van der Waals surface area contributed by atoms with Crippen molar-refractivity contribution in [3.63, 3.8) is 0 Å². The van der Waals surface area contributed by atoms with Crippen LogP contribution >= 0.6 is 0 Å². The molecule has 3 N–H and O–H groups in total. The van der Waals surface area contributed by atoms with Gasteiger partial charge in [0.2, 0.25) is 5.69 Å². The molecule has 0 radical (unpaired) electrons. The second-order valence-corrected chi connectivity index (χ2v) is 11.4. The number of benzene rings is 2. The van der Waals surface area contributed by atoms with E-state index in [1.807, 2.05) is 72.2 Å². The van der Waals surface area contributed by atoms with E-state index in [1.54, 1.807) is 6.20 Å². The highest BCUT2D eigenvalue weighted by molar-refractivity contribution is 7.86. The maximum atomic E-state index is 11.3. The monoisotopic (exact) mass is 493 g/mol. The van der Waals surface area contributed by atoms with E-state index >= 15 is 0 Å². The van der Waals surface area contributed by atoms with Crippen LogP contribution in [0.5, 0.6) is 0 Å². The molecule has 3 rings (SSSR count). The van der Waals surface area contributed by atoms with Gasteiger partial charge < -0.3 is 5.32 Å². The Morgan fingerprint density at radius 1 is 0.909 bits per heavy atom. The molecule has 0 saturated heterocycles. The van der Waals surface area contributed by atoms with Gasteiger partial charge in [-0.25, -0.2) is 0 Å². The van der Waals surface area contributed by atoms with Gasteiger partial charge in [-0.15, -0.1) is 0 Å². The second kappa shape index (κ2) is 10.2. The molecule has 1 aliphatic rings. The largest absolute Gasteiger partial charge is 0.361 e. The highest BCUT2D eigenvalue weighted by atomic mass is 32.2. The standard InChI is InChI=1S/C23H28N2O6S2/c1-23(14-7-17-32(26,27)28)20-11-5-6-12-21(20)25(16-8-18-33(29,30)31)22(23)13-15-24-19-9-3-2-4-10-19/h2-6,9-13,15H,7-8,14,16-18H2,1H3,(H2,26,27,28,29,30,31)/p+1. The molecule has 1 atom stereocenters. The van der Waals surface area contributed by atoms with Crippen LogP contribution in [0.15, 0.2) is 66.9 Å². The molecule has 1 heterocycles. The smallest absolute Gasteiger partial charge is 0.265 e. The molecule has 2 aromatic carbocycles. The van der Waals surface area contributed by atoms with Gasteiger partial charge in [0.25, 0.3) is 20.2 Å². The summed E-state index contributed by atoms with van der Waals surface area (Å²) in [6.07, 6.45) is 4.65. The summed E-state index contributed by atoms with van der Waals surface area (Å²) in [5.41, 5.74) is 3.11. The third-order valence-corrected chi connectivity index (χ3v) is 7.38. The van der Waals surface area contributed by atoms with Crippen LogP contribution in [0.2, 0.25) is 0 Å². The molecule has 8 nitrogen and oxygen atoms in total. The Kier molecular flexibility index (Phi) is 7.73. The van der Waals surface area contributed by atoms with Gasteiger partial charge in [0.15, 0.2) is 5.71 Å². The van der Waals surface area contributed by atoms with E-state index in [2.05, 4.69) is 5.32 Å². The van der Waals surface area contributed by atoms with Crippen molar-refractivity contribution in [2.24, 2.45) is 0 Å². The number of allylic oxidation sites excluding steroid dienone is 1. The lowest BCUT2D eigenvalue weighted by Crippen LogP contribution is -2.32. The van der Waals surface area contributed by atoms with Gasteiger partial charge in [-0.05, 0) is 31.9 Å². The number of para-hydroxylation sites is 2. The topological polar surface area (TPSA) is 124 Å². The summed E-state index contributed by atoms with van der Waals surface area (Å²) in [6.45, 7) is 2.37.